The van der Waals surface area contributed by atoms with Gasteiger partial charge in [0.25, 0.3) is 5.91 Å². The van der Waals surface area contributed by atoms with E-state index in [-0.39, 0.29) is 16.1 Å². The number of thiophene rings is 1. The van der Waals surface area contributed by atoms with Gasteiger partial charge in [0.2, 0.25) is 5.95 Å². The topological polar surface area (TPSA) is 79.3 Å². The summed E-state index contributed by atoms with van der Waals surface area (Å²) < 4.78 is 12.9. The van der Waals surface area contributed by atoms with E-state index in [2.05, 4.69) is 10.3 Å². The molecule has 0 saturated carbocycles. The molecule has 0 aliphatic heterocycles. The molecule has 2 aromatic rings. The highest BCUT2D eigenvalue weighted by Gasteiger charge is 2.17. The van der Waals surface area contributed by atoms with Crippen LogP contribution in [0.4, 0.5) is 9.39 Å². The Hall–Kier alpha value is -2.28. The van der Waals surface area contributed by atoms with Gasteiger partial charge in [0.05, 0.1) is 5.56 Å². The van der Waals surface area contributed by atoms with Gasteiger partial charge >= 0.3 is 5.97 Å². The summed E-state index contributed by atoms with van der Waals surface area (Å²) >= 11 is 1.19. The zero-order valence-electron chi connectivity index (χ0n) is 10.5. The fraction of sp³-hybridized carbons (Fsp3) is 0.154. The van der Waals surface area contributed by atoms with E-state index in [1.165, 1.54) is 29.7 Å². The third kappa shape index (κ3) is 3.00. The quantitative estimate of drug-likeness (QED) is 0.850. The number of carbonyl (C=O) groups is 2. The standard InChI is InChI=1S/C13H11FN2O3S/c1-2-8-6-9(13(18)19)12(20-8)16-11(17)7-3-4-15-10(14)5-7/h3-6H,2H2,1H3,(H,16,17)(H,18,19). The number of halogens is 1. The molecular formula is C13H11FN2O3S. The maximum Gasteiger partial charge on any atom is 0.338 e. The number of aromatic carboxylic acids is 1. The molecule has 0 atom stereocenters. The molecule has 20 heavy (non-hydrogen) atoms. The number of amides is 1. The second-order valence-corrected chi connectivity index (χ2v) is 5.07. The van der Waals surface area contributed by atoms with E-state index in [0.29, 0.717) is 6.42 Å². The van der Waals surface area contributed by atoms with E-state index in [9.17, 15) is 14.0 Å². The summed E-state index contributed by atoms with van der Waals surface area (Å²) in [7, 11) is 0. The number of hydrogen-bond acceptors (Lipinski definition) is 4. The molecule has 0 unspecified atom stereocenters. The van der Waals surface area contributed by atoms with Crippen molar-refractivity contribution in [3.8, 4) is 0 Å². The van der Waals surface area contributed by atoms with Crippen molar-refractivity contribution in [1.82, 2.24) is 4.98 Å². The van der Waals surface area contributed by atoms with E-state index >= 15 is 0 Å². The van der Waals surface area contributed by atoms with Gasteiger partial charge in [0.15, 0.2) is 0 Å². The van der Waals surface area contributed by atoms with Crippen LogP contribution in [0.1, 0.15) is 32.5 Å². The molecule has 5 nitrogen and oxygen atoms in total. The number of anilines is 1. The summed E-state index contributed by atoms with van der Waals surface area (Å²) in [5, 5.41) is 11.8. The van der Waals surface area contributed by atoms with Crippen LogP contribution in [0.3, 0.4) is 0 Å². The van der Waals surface area contributed by atoms with E-state index in [4.69, 9.17) is 5.11 Å². The van der Waals surface area contributed by atoms with Crippen LogP contribution >= 0.6 is 11.3 Å². The van der Waals surface area contributed by atoms with Crippen LogP contribution in [0.5, 0.6) is 0 Å². The predicted octanol–water partition coefficient (Wildman–Crippen LogP) is 2.80. The van der Waals surface area contributed by atoms with Gasteiger partial charge in [0, 0.05) is 22.7 Å². The summed E-state index contributed by atoms with van der Waals surface area (Å²) in [5.74, 6) is -2.45. The molecule has 2 rings (SSSR count). The number of carboxylic acids is 1. The zero-order chi connectivity index (χ0) is 14.7. The average Bonchev–Trinajstić information content (AvgIpc) is 2.82. The molecule has 0 fully saturated rings. The second-order valence-electron chi connectivity index (χ2n) is 3.94. The fourth-order valence-electron chi connectivity index (χ4n) is 1.59. The Morgan fingerprint density at radius 1 is 1.45 bits per heavy atom. The minimum Gasteiger partial charge on any atom is -0.478 e. The lowest BCUT2D eigenvalue weighted by atomic mass is 10.2. The Labute approximate surface area is 118 Å². The van der Waals surface area contributed by atoms with E-state index < -0.39 is 17.8 Å². The number of rotatable bonds is 4. The number of aromatic nitrogens is 1. The fourth-order valence-corrected chi connectivity index (χ4v) is 2.57. The van der Waals surface area contributed by atoms with Crippen LogP contribution in [-0.2, 0) is 6.42 Å². The molecule has 0 radical (unpaired) electrons. The highest BCUT2D eigenvalue weighted by molar-refractivity contribution is 7.16. The first-order valence-corrected chi connectivity index (χ1v) is 6.61. The summed E-state index contributed by atoms with van der Waals surface area (Å²) in [6, 6.07) is 3.87. The molecule has 0 aromatic carbocycles. The smallest absolute Gasteiger partial charge is 0.338 e. The van der Waals surface area contributed by atoms with Crippen molar-refractivity contribution in [1.29, 1.82) is 0 Å². The Morgan fingerprint density at radius 2 is 2.20 bits per heavy atom. The molecular weight excluding hydrogens is 283 g/mol. The molecule has 1 amide bonds. The van der Waals surface area contributed by atoms with Crippen LogP contribution in [0.2, 0.25) is 0 Å². The summed E-state index contributed by atoms with van der Waals surface area (Å²) in [5.41, 5.74) is 0.120. The Kier molecular flexibility index (Phi) is 4.09. The van der Waals surface area contributed by atoms with Gasteiger partial charge in [-0.2, -0.15) is 4.39 Å². The minimum atomic E-state index is -1.11. The molecule has 0 bridgehead atoms. The highest BCUT2D eigenvalue weighted by Crippen LogP contribution is 2.29. The zero-order valence-corrected chi connectivity index (χ0v) is 11.3. The van der Waals surface area contributed by atoms with E-state index in [1.807, 2.05) is 6.92 Å². The number of hydrogen-bond donors (Lipinski definition) is 2. The molecule has 0 aliphatic carbocycles. The molecule has 0 spiro atoms. The molecule has 0 saturated heterocycles. The van der Waals surface area contributed by atoms with Crippen LogP contribution in [-0.4, -0.2) is 22.0 Å². The van der Waals surface area contributed by atoms with Gasteiger partial charge in [0.1, 0.15) is 5.00 Å². The first-order chi connectivity index (χ1) is 9.51. The molecule has 7 heteroatoms. The van der Waals surface area contributed by atoms with Gasteiger partial charge in [-0.1, -0.05) is 6.92 Å². The number of nitrogens with one attached hydrogen (secondary N) is 1. The normalized spacial score (nSPS) is 10.3. The number of nitrogens with zero attached hydrogens (tertiary/aromatic N) is 1. The first kappa shape index (κ1) is 14.1. The molecule has 2 heterocycles. The van der Waals surface area contributed by atoms with Crippen molar-refractivity contribution in [2.24, 2.45) is 0 Å². The average molecular weight is 294 g/mol. The lowest BCUT2D eigenvalue weighted by molar-refractivity contribution is 0.0698. The molecule has 2 aromatic heterocycles. The molecule has 2 N–H and O–H groups in total. The SMILES string of the molecule is CCc1cc(C(=O)O)c(NC(=O)c2ccnc(F)c2)s1. The van der Waals surface area contributed by atoms with E-state index in [1.54, 1.807) is 0 Å². The number of carboxylic acid groups (broad SMARTS) is 1. The van der Waals surface area contributed by atoms with Crippen LogP contribution in [0.25, 0.3) is 0 Å². The van der Waals surface area contributed by atoms with Crippen molar-refractivity contribution < 1.29 is 19.1 Å². The minimum absolute atomic E-state index is 0.0368. The summed E-state index contributed by atoms with van der Waals surface area (Å²) in [6.07, 6.45) is 1.85. The largest absolute Gasteiger partial charge is 0.478 e. The third-order valence-corrected chi connectivity index (χ3v) is 3.77. The Balaban J connectivity index is 2.27. The van der Waals surface area contributed by atoms with E-state index in [0.717, 1.165) is 10.9 Å². The molecule has 0 aliphatic rings. The maximum atomic E-state index is 12.9. The third-order valence-electron chi connectivity index (χ3n) is 2.58. The maximum absolute atomic E-state index is 12.9. The van der Waals surface area contributed by atoms with Gasteiger partial charge < -0.3 is 10.4 Å². The Bertz CT molecular complexity index is 669. The number of carbonyl (C=O) groups excluding carboxylic acids is 1. The lowest BCUT2D eigenvalue weighted by Gasteiger charge is -2.03. The van der Waals surface area contributed by atoms with Crippen molar-refractivity contribution in [2.45, 2.75) is 13.3 Å². The second kappa shape index (κ2) is 5.79. The van der Waals surface area contributed by atoms with Crippen molar-refractivity contribution in [3.63, 3.8) is 0 Å². The van der Waals surface area contributed by atoms with Crippen LogP contribution < -0.4 is 5.32 Å². The summed E-state index contributed by atoms with van der Waals surface area (Å²) in [6.45, 7) is 1.89. The number of pyridine rings is 1. The van der Waals surface area contributed by atoms with Gasteiger partial charge in [-0.05, 0) is 18.6 Å². The summed E-state index contributed by atoms with van der Waals surface area (Å²) in [4.78, 5) is 27.3. The van der Waals surface area contributed by atoms with Gasteiger partial charge in [-0.3, -0.25) is 4.79 Å². The van der Waals surface area contributed by atoms with Crippen LogP contribution in [0.15, 0.2) is 24.4 Å². The predicted molar refractivity (Wildman–Crippen MR) is 72.8 cm³/mol. The van der Waals surface area contributed by atoms with Crippen LogP contribution in [0, 0.1) is 5.95 Å². The Morgan fingerprint density at radius 3 is 2.80 bits per heavy atom. The van der Waals surface area contributed by atoms with Gasteiger partial charge in [-0.15, -0.1) is 11.3 Å². The van der Waals surface area contributed by atoms with Gasteiger partial charge in [-0.25, -0.2) is 9.78 Å². The van der Waals surface area contributed by atoms with Crippen molar-refractivity contribution in [2.75, 3.05) is 5.32 Å². The first-order valence-electron chi connectivity index (χ1n) is 5.80. The monoisotopic (exact) mass is 294 g/mol. The highest BCUT2D eigenvalue weighted by atomic mass is 32.1. The van der Waals surface area contributed by atoms with Crippen molar-refractivity contribution in [3.05, 3.63) is 46.3 Å². The lowest BCUT2D eigenvalue weighted by Crippen LogP contribution is -2.13. The van der Waals surface area contributed by atoms with Crippen molar-refractivity contribution >= 4 is 28.2 Å². The molecule has 104 valence electrons. The number of aryl methyl sites for hydroxylation is 1.